The maximum atomic E-state index is 11.6. The molecule has 3 N–H and O–H groups in total. The van der Waals surface area contributed by atoms with Gasteiger partial charge in [-0.3, -0.25) is 4.79 Å². The van der Waals surface area contributed by atoms with Gasteiger partial charge in [-0.2, -0.15) is 0 Å². The Balaban J connectivity index is 2.38. The fourth-order valence-corrected chi connectivity index (χ4v) is 1.52. The molecule has 0 saturated heterocycles. The zero-order valence-electron chi connectivity index (χ0n) is 10.4. The van der Waals surface area contributed by atoms with Gasteiger partial charge in [-0.15, -0.1) is 0 Å². The van der Waals surface area contributed by atoms with E-state index in [2.05, 4.69) is 5.32 Å². The number of ether oxygens (including phenoxy) is 1. The van der Waals surface area contributed by atoms with Crippen molar-refractivity contribution in [1.82, 2.24) is 5.32 Å². The molecule has 0 aliphatic rings. The molecule has 1 amide bonds. The second-order valence-electron chi connectivity index (χ2n) is 3.94. The molecule has 1 aromatic rings. The fourth-order valence-electron chi connectivity index (χ4n) is 1.52. The summed E-state index contributed by atoms with van der Waals surface area (Å²) in [4.78, 5) is 11.6. The topological polar surface area (TPSA) is 64.3 Å². The van der Waals surface area contributed by atoms with Crippen LogP contribution in [0.2, 0.25) is 0 Å². The first-order valence-corrected chi connectivity index (χ1v) is 5.93. The molecule has 0 bridgehead atoms. The Morgan fingerprint density at radius 2 is 2.12 bits per heavy atom. The number of rotatable bonds is 6. The number of hydrogen-bond acceptors (Lipinski definition) is 3. The van der Waals surface area contributed by atoms with Gasteiger partial charge in [0.2, 0.25) is 0 Å². The number of amides is 1. The average molecular weight is 236 g/mol. The second-order valence-corrected chi connectivity index (χ2v) is 3.94. The van der Waals surface area contributed by atoms with Gasteiger partial charge in [0, 0.05) is 17.8 Å². The van der Waals surface area contributed by atoms with Crippen LogP contribution in [-0.4, -0.2) is 18.6 Å². The number of nitrogens with two attached hydrogens (primary N) is 1. The van der Waals surface area contributed by atoms with Crippen LogP contribution in [0.5, 0.6) is 5.75 Å². The molecule has 94 valence electrons. The molecule has 0 atom stereocenters. The molecule has 0 spiro atoms. The predicted molar refractivity (Wildman–Crippen MR) is 68.9 cm³/mol. The molecule has 0 radical (unpaired) electrons. The highest BCUT2D eigenvalue weighted by Crippen LogP contribution is 2.14. The van der Waals surface area contributed by atoms with Crippen molar-refractivity contribution in [3.05, 3.63) is 24.3 Å². The molecule has 17 heavy (non-hydrogen) atoms. The minimum Gasteiger partial charge on any atom is -0.484 e. The number of nitrogens with one attached hydrogen (secondary N) is 1. The van der Waals surface area contributed by atoms with Crippen LogP contribution >= 0.6 is 0 Å². The molecule has 0 saturated carbocycles. The lowest BCUT2D eigenvalue weighted by Gasteiger charge is -2.15. The van der Waals surface area contributed by atoms with Crippen molar-refractivity contribution in [3.63, 3.8) is 0 Å². The van der Waals surface area contributed by atoms with Crippen molar-refractivity contribution >= 4 is 11.6 Å². The van der Waals surface area contributed by atoms with Gasteiger partial charge in [0.05, 0.1) is 0 Å². The molecular formula is C13H20N2O2. The van der Waals surface area contributed by atoms with Crippen LogP contribution in [0.4, 0.5) is 5.69 Å². The number of anilines is 1. The molecule has 0 aliphatic carbocycles. The number of carbonyl (C=O) groups is 1. The van der Waals surface area contributed by atoms with Crippen LogP contribution in [0.15, 0.2) is 24.3 Å². The lowest BCUT2D eigenvalue weighted by molar-refractivity contribution is -0.123. The summed E-state index contributed by atoms with van der Waals surface area (Å²) in [5.41, 5.74) is 6.24. The third-order valence-electron chi connectivity index (χ3n) is 2.58. The molecule has 0 unspecified atom stereocenters. The second kappa shape index (κ2) is 6.78. The maximum Gasteiger partial charge on any atom is 0.258 e. The van der Waals surface area contributed by atoms with Gasteiger partial charge in [0.15, 0.2) is 6.61 Å². The zero-order valence-corrected chi connectivity index (χ0v) is 10.4. The Hall–Kier alpha value is -1.71. The molecule has 0 fully saturated rings. The van der Waals surface area contributed by atoms with E-state index in [1.807, 2.05) is 13.8 Å². The molecule has 1 aromatic carbocycles. The van der Waals surface area contributed by atoms with Gasteiger partial charge in [-0.1, -0.05) is 19.9 Å². The molecule has 1 rings (SSSR count). The summed E-state index contributed by atoms with van der Waals surface area (Å²) in [6.45, 7) is 4.13. The van der Waals surface area contributed by atoms with Crippen LogP contribution in [0.3, 0.4) is 0 Å². The summed E-state index contributed by atoms with van der Waals surface area (Å²) < 4.78 is 5.35. The highest BCUT2D eigenvalue weighted by Gasteiger charge is 2.08. The predicted octanol–water partition coefficient (Wildman–Crippen LogP) is 1.95. The first-order chi connectivity index (χ1) is 8.15. The molecule has 4 nitrogen and oxygen atoms in total. The fraction of sp³-hybridized carbons (Fsp3) is 0.462. The first kappa shape index (κ1) is 13.4. The minimum absolute atomic E-state index is 0.0277. The van der Waals surface area contributed by atoms with Crippen molar-refractivity contribution in [3.8, 4) is 5.75 Å². The van der Waals surface area contributed by atoms with Crippen molar-refractivity contribution < 1.29 is 9.53 Å². The third-order valence-corrected chi connectivity index (χ3v) is 2.58. The average Bonchev–Trinajstić information content (AvgIpc) is 2.33. The standard InChI is InChI=1S/C13H20N2O2/c1-3-11(4-2)15-13(16)9-17-12-7-5-6-10(14)8-12/h5-8,11H,3-4,9,14H2,1-2H3,(H,15,16). The summed E-state index contributed by atoms with van der Waals surface area (Å²) >= 11 is 0. The van der Waals surface area contributed by atoms with E-state index in [0.29, 0.717) is 11.4 Å². The van der Waals surface area contributed by atoms with Crippen LogP contribution in [0.1, 0.15) is 26.7 Å². The molecule has 0 aromatic heterocycles. The molecule has 0 aliphatic heterocycles. The summed E-state index contributed by atoms with van der Waals surface area (Å²) in [7, 11) is 0. The Kier molecular flexibility index (Phi) is 5.33. The Morgan fingerprint density at radius 1 is 1.41 bits per heavy atom. The molecule has 0 heterocycles. The number of nitrogen functional groups attached to an aromatic ring is 1. The number of benzene rings is 1. The van der Waals surface area contributed by atoms with E-state index in [1.54, 1.807) is 24.3 Å². The van der Waals surface area contributed by atoms with E-state index < -0.39 is 0 Å². The Morgan fingerprint density at radius 3 is 2.71 bits per heavy atom. The summed E-state index contributed by atoms with van der Waals surface area (Å²) in [6, 6.07) is 7.28. The van der Waals surface area contributed by atoms with E-state index in [0.717, 1.165) is 12.8 Å². The maximum absolute atomic E-state index is 11.6. The van der Waals surface area contributed by atoms with Crippen molar-refractivity contribution in [2.75, 3.05) is 12.3 Å². The van der Waals surface area contributed by atoms with Gasteiger partial charge < -0.3 is 15.8 Å². The van der Waals surface area contributed by atoms with Gasteiger partial charge in [0.1, 0.15) is 5.75 Å². The lowest BCUT2D eigenvalue weighted by atomic mass is 10.2. The van der Waals surface area contributed by atoms with E-state index in [4.69, 9.17) is 10.5 Å². The highest BCUT2D eigenvalue weighted by atomic mass is 16.5. The van der Waals surface area contributed by atoms with Crippen LogP contribution in [-0.2, 0) is 4.79 Å². The monoisotopic (exact) mass is 236 g/mol. The Bertz CT molecular complexity index is 362. The van der Waals surface area contributed by atoms with Crippen LogP contribution < -0.4 is 15.8 Å². The summed E-state index contributed by atoms with van der Waals surface area (Å²) in [5, 5.41) is 2.91. The van der Waals surface area contributed by atoms with Crippen molar-refractivity contribution in [2.45, 2.75) is 32.7 Å². The van der Waals surface area contributed by atoms with Gasteiger partial charge in [0.25, 0.3) is 5.91 Å². The lowest BCUT2D eigenvalue weighted by Crippen LogP contribution is -2.37. The van der Waals surface area contributed by atoms with Gasteiger partial charge in [-0.05, 0) is 25.0 Å². The van der Waals surface area contributed by atoms with E-state index in [-0.39, 0.29) is 18.6 Å². The normalized spacial score (nSPS) is 10.3. The minimum atomic E-state index is -0.0962. The first-order valence-electron chi connectivity index (χ1n) is 5.93. The van der Waals surface area contributed by atoms with Crippen molar-refractivity contribution in [1.29, 1.82) is 0 Å². The molecule has 4 heteroatoms. The quantitative estimate of drug-likeness (QED) is 0.742. The SMILES string of the molecule is CCC(CC)NC(=O)COc1cccc(N)c1. The van der Waals surface area contributed by atoms with E-state index in [1.165, 1.54) is 0 Å². The largest absolute Gasteiger partial charge is 0.484 e. The van der Waals surface area contributed by atoms with Crippen LogP contribution in [0, 0.1) is 0 Å². The highest BCUT2D eigenvalue weighted by molar-refractivity contribution is 5.77. The smallest absolute Gasteiger partial charge is 0.258 e. The van der Waals surface area contributed by atoms with Gasteiger partial charge in [-0.25, -0.2) is 0 Å². The van der Waals surface area contributed by atoms with E-state index in [9.17, 15) is 4.79 Å². The number of carbonyl (C=O) groups excluding carboxylic acids is 1. The Labute approximate surface area is 102 Å². The van der Waals surface area contributed by atoms with Gasteiger partial charge >= 0.3 is 0 Å². The summed E-state index contributed by atoms with van der Waals surface area (Å²) in [5.74, 6) is 0.519. The number of hydrogen-bond donors (Lipinski definition) is 2. The van der Waals surface area contributed by atoms with Crippen LogP contribution in [0.25, 0.3) is 0 Å². The third kappa shape index (κ3) is 4.76. The molecular weight excluding hydrogens is 216 g/mol. The summed E-state index contributed by atoms with van der Waals surface area (Å²) in [6.07, 6.45) is 1.86. The zero-order chi connectivity index (χ0) is 12.7. The van der Waals surface area contributed by atoms with E-state index >= 15 is 0 Å². The van der Waals surface area contributed by atoms with Crippen molar-refractivity contribution in [2.24, 2.45) is 0 Å².